The van der Waals surface area contributed by atoms with Crippen LogP contribution in [-0.4, -0.2) is 4.98 Å². The molecule has 0 spiro atoms. The predicted molar refractivity (Wildman–Crippen MR) is 51.1 cm³/mol. The minimum atomic E-state index is -2.80. The monoisotopic (exact) mass is 278 g/mol. The van der Waals surface area contributed by atoms with Crippen molar-refractivity contribution in [2.75, 3.05) is 0 Å². The highest BCUT2D eigenvalue weighted by molar-refractivity contribution is 9.08. The van der Waals surface area contributed by atoms with E-state index in [9.17, 15) is 13.2 Å². The molecule has 1 heterocycles. The van der Waals surface area contributed by atoms with Gasteiger partial charge >= 0.3 is 0 Å². The third-order valence-electron chi connectivity index (χ3n) is 1.76. The van der Waals surface area contributed by atoms with Crippen LogP contribution in [0, 0.1) is 17.1 Å². The number of hydrogen-bond donors (Lipinski definition) is 0. The van der Waals surface area contributed by atoms with E-state index in [4.69, 9.17) is 5.26 Å². The van der Waals surface area contributed by atoms with Crippen LogP contribution >= 0.6 is 15.9 Å². The summed E-state index contributed by atoms with van der Waals surface area (Å²) in [6.07, 6.45) is -3.07. The second kappa shape index (κ2) is 5.12. The van der Waals surface area contributed by atoms with Gasteiger partial charge in [-0.2, -0.15) is 5.26 Å². The van der Waals surface area contributed by atoms with Crippen molar-refractivity contribution >= 4 is 15.9 Å². The summed E-state index contributed by atoms with van der Waals surface area (Å²) >= 11 is 2.94. The van der Waals surface area contributed by atoms with Crippen LogP contribution in [0.25, 0.3) is 0 Å². The molecule has 1 aromatic heterocycles. The Labute approximate surface area is 92.9 Å². The van der Waals surface area contributed by atoms with Gasteiger partial charge in [-0.25, -0.2) is 18.2 Å². The number of aromatic nitrogens is 1. The minimum Gasteiger partial charge on any atom is -0.248 e. The molecule has 0 radical (unpaired) electrons. The lowest BCUT2D eigenvalue weighted by Gasteiger charge is -2.07. The van der Waals surface area contributed by atoms with Crippen molar-refractivity contribution in [1.29, 1.82) is 5.26 Å². The van der Waals surface area contributed by atoms with Gasteiger partial charge in [0.1, 0.15) is 11.5 Å². The lowest BCUT2D eigenvalue weighted by molar-refractivity contribution is 0.144. The lowest BCUT2D eigenvalue weighted by Crippen LogP contribution is -2.03. The fourth-order valence-electron chi connectivity index (χ4n) is 1.09. The number of nitriles is 1. The summed E-state index contributed by atoms with van der Waals surface area (Å²) in [6, 6.07) is 2.63. The molecule has 0 amide bonds. The molecular weight excluding hydrogens is 273 g/mol. The Bertz CT molecular complexity index is 401. The summed E-state index contributed by atoms with van der Waals surface area (Å²) in [4.78, 5) is 3.49. The van der Waals surface area contributed by atoms with Crippen LogP contribution in [0.2, 0.25) is 0 Å². The van der Waals surface area contributed by atoms with Crippen LogP contribution in [0.15, 0.2) is 6.07 Å². The van der Waals surface area contributed by atoms with E-state index < -0.39 is 17.9 Å². The second-order valence-electron chi connectivity index (χ2n) is 2.73. The fraction of sp³-hybridized carbons (Fsp3) is 0.333. The van der Waals surface area contributed by atoms with Crippen LogP contribution in [0.4, 0.5) is 13.2 Å². The summed E-state index contributed by atoms with van der Waals surface area (Å²) in [5.41, 5.74) is -0.658. The molecular formula is C9H6BrF3N2. The number of nitrogens with zero attached hydrogens (tertiary/aromatic N) is 2. The maximum absolute atomic E-state index is 13.2. The van der Waals surface area contributed by atoms with Crippen molar-refractivity contribution in [3.63, 3.8) is 0 Å². The summed E-state index contributed by atoms with van der Waals surface area (Å²) in [7, 11) is 0. The largest absolute Gasteiger partial charge is 0.280 e. The van der Waals surface area contributed by atoms with E-state index in [0.717, 1.165) is 6.07 Å². The molecule has 2 nitrogen and oxygen atoms in total. The maximum atomic E-state index is 13.2. The van der Waals surface area contributed by atoms with Crippen molar-refractivity contribution in [3.05, 3.63) is 28.8 Å². The molecule has 0 bridgehead atoms. The summed E-state index contributed by atoms with van der Waals surface area (Å²) in [5.74, 6) is -0.679. The summed E-state index contributed by atoms with van der Waals surface area (Å²) in [6.45, 7) is 0. The van der Waals surface area contributed by atoms with E-state index in [1.54, 1.807) is 6.07 Å². The highest BCUT2D eigenvalue weighted by atomic mass is 79.9. The van der Waals surface area contributed by atoms with Crippen LogP contribution in [0.3, 0.4) is 0 Å². The zero-order valence-electron chi connectivity index (χ0n) is 7.48. The van der Waals surface area contributed by atoms with Crippen LogP contribution in [-0.2, 0) is 11.8 Å². The van der Waals surface area contributed by atoms with Gasteiger partial charge in [0.2, 0.25) is 0 Å². The molecule has 80 valence electrons. The average Bonchev–Trinajstić information content (AvgIpc) is 2.18. The Morgan fingerprint density at radius 1 is 1.53 bits per heavy atom. The van der Waals surface area contributed by atoms with E-state index in [1.807, 2.05) is 0 Å². The van der Waals surface area contributed by atoms with Gasteiger partial charge in [0.05, 0.1) is 18.2 Å². The highest BCUT2D eigenvalue weighted by Gasteiger charge is 2.18. The molecule has 0 aliphatic rings. The topological polar surface area (TPSA) is 36.7 Å². The number of pyridine rings is 1. The van der Waals surface area contributed by atoms with Crippen LogP contribution in [0.5, 0.6) is 0 Å². The first-order valence-electron chi connectivity index (χ1n) is 3.99. The van der Waals surface area contributed by atoms with Crippen molar-refractivity contribution in [1.82, 2.24) is 4.98 Å². The minimum absolute atomic E-state index is 0.0605. The highest BCUT2D eigenvalue weighted by Crippen LogP contribution is 2.24. The van der Waals surface area contributed by atoms with Gasteiger partial charge in [-0.1, -0.05) is 15.9 Å². The molecule has 0 aromatic carbocycles. The van der Waals surface area contributed by atoms with Crippen molar-refractivity contribution in [2.24, 2.45) is 0 Å². The fourth-order valence-corrected chi connectivity index (χ4v) is 1.48. The molecule has 1 rings (SSSR count). The van der Waals surface area contributed by atoms with Crippen LogP contribution < -0.4 is 0 Å². The molecule has 0 saturated carbocycles. The summed E-state index contributed by atoms with van der Waals surface area (Å²) < 4.78 is 38.1. The van der Waals surface area contributed by atoms with E-state index in [-0.39, 0.29) is 23.0 Å². The third-order valence-corrected chi connectivity index (χ3v) is 2.29. The zero-order valence-corrected chi connectivity index (χ0v) is 9.06. The first-order chi connectivity index (χ1) is 7.10. The second-order valence-corrected chi connectivity index (χ2v) is 3.29. The molecule has 0 fully saturated rings. The Morgan fingerprint density at radius 3 is 2.67 bits per heavy atom. The normalized spacial score (nSPS) is 10.4. The lowest BCUT2D eigenvalue weighted by atomic mass is 10.1. The first kappa shape index (κ1) is 12.0. The van der Waals surface area contributed by atoms with E-state index >= 15 is 0 Å². The molecule has 0 atom stereocenters. The van der Waals surface area contributed by atoms with Gasteiger partial charge in [-0.3, -0.25) is 0 Å². The number of halogens is 4. The number of rotatable bonds is 3. The van der Waals surface area contributed by atoms with Gasteiger partial charge in [-0.15, -0.1) is 0 Å². The Morgan fingerprint density at radius 2 is 2.20 bits per heavy atom. The molecule has 6 heteroatoms. The third kappa shape index (κ3) is 2.69. The zero-order chi connectivity index (χ0) is 11.4. The van der Waals surface area contributed by atoms with E-state index in [2.05, 4.69) is 20.9 Å². The van der Waals surface area contributed by atoms with Gasteiger partial charge in [0.25, 0.3) is 6.43 Å². The maximum Gasteiger partial charge on any atom is 0.280 e. The molecule has 0 N–H and O–H groups in total. The predicted octanol–water partition coefficient (Wildman–Crippen LogP) is 3.12. The smallest absolute Gasteiger partial charge is 0.248 e. The van der Waals surface area contributed by atoms with Gasteiger partial charge < -0.3 is 0 Å². The number of hydrogen-bond acceptors (Lipinski definition) is 2. The van der Waals surface area contributed by atoms with Crippen LogP contribution in [0.1, 0.15) is 23.4 Å². The molecule has 15 heavy (non-hydrogen) atoms. The molecule has 0 aliphatic carbocycles. The summed E-state index contributed by atoms with van der Waals surface area (Å²) in [5, 5.41) is 8.45. The Balaban J connectivity index is 3.26. The quantitative estimate of drug-likeness (QED) is 0.797. The average molecular weight is 279 g/mol. The van der Waals surface area contributed by atoms with Crippen molar-refractivity contribution < 1.29 is 13.2 Å². The van der Waals surface area contributed by atoms with E-state index in [1.165, 1.54) is 0 Å². The van der Waals surface area contributed by atoms with Crippen molar-refractivity contribution in [2.45, 2.75) is 18.2 Å². The number of alkyl halides is 3. The SMILES string of the molecule is N#CCc1cc(F)c(CBr)nc1C(F)F. The molecule has 0 aliphatic heterocycles. The first-order valence-corrected chi connectivity index (χ1v) is 5.11. The van der Waals surface area contributed by atoms with Gasteiger partial charge in [0, 0.05) is 5.33 Å². The molecule has 0 saturated heterocycles. The standard InChI is InChI=1S/C9H6BrF3N2/c10-4-7-6(11)3-5(1-2-14)8(15-7)9(12)13/h3,9H,1,4H2. The van der Waals surface area contributed by atoms with Gasteiger partial charge in [-0.05, 0) is 11.6 Å². The van der Waals surface area contributed by atoms with E-state index in [0.29, 0.717) is 0 Å². The Hall–Kier alpha value is -1.09. The van der Waals surface area contributed by atoms with Crippen molar-refractivity contribution in [3.8, 4) is 6.07 Å². The molecule has 0 unspecified atom stereocenters. The van der Waals surface area contributed by atoms with Gasteiger partial charge in [0.15, 0.2) is 0 Å². The molecule has 1 aromatic rings. The Kier molecular flexibility index (Phi) is 4.09.